The van der Waals surface area contributed by atoms with Gasteiger partial charge in [-0.3, -0.25) is 0 Å². The summed E-state index contributed by atoms with van der Waals surface area (Å²) in [5, 5.41) is 5.09. The molecule has 0 aliphatic carbocycles. The predicted molar refractivity (Wildman–Crippen MR) is 69.3 cm³/mol. The Bertz CT molecular complexity index is 656. The lowest BCUT2D eigenvalue weighted by molar-refractivity contribution is 1.09. The van der Waals surface area contributed by atoms with E-state index in [1.54, 1.807) is 0 Å². The summed E-state index contributed by atoms with van der Waals surface area (Å²) in [7, 11) is 0. The first-order valence-corrected chi connectivity index (χ1v) is 5.49. The quantitative estimate of drug-likeness (QED) is 0.608. The lowest BCUT2D eigenvalue weighted by Gasteiger charge is -2.06. The maximum absolute atomic E-state index is 5.76. The van der Waals surface area contributed by atoms with Crippen LogP contribution < -0.4 is 5.73 Å². The molecule has 0 unspecified atom stereocenters. The van der Waals surface area contributed by atoms with E-state index in [4.69, 9.17) is 5.73 Å². The SMILES string of the molecule is NCc1cccc2cc3ccccc3cc12. The summed E-state index contributed by atoms with van der Waals surface area (Å²) in [5.41, 5.74) is 6.97. The fourth-order valence-corrected chi connectivity index (χ4v) is 2.21. The van der Waals surface area contributed by atoms with Crippen LogP contribution in [0.2, 0.25) is 0 Å². The molecule has 0 aliphatic rings. The maximum atomic E-state index is 5.76. The lowest BCUT2D eigenvalue weighted by atomic mass is 10.00. The fourth-order valence-electron chi connectivity index (χ4n) is 2.21. The number of hydrogen-bond acceptors (Lipinski definition) is 1. The minimum absolute atomic E-state index is 0.593. The molecule has 3 aromatic rings. The molecular weight excluding hydrogens is 194 g/mol. The second kappa shape index (κ2) is 3.62. The van der Waals surface area contributed by atoms with Gasteiger partial charge in [-0.15, -0.1) is 0 Å². The van der Waals surface area contributed by atoms with Crippen molar-refractivity contribution in [1.82, 2.24) is 0 Å². The van der Waals surface area contributed by atoms with E-state index in [0.29, 0.717) is 6.54 Å². The standard InChI is InChI=1S/C15H13N/c16-10-14-7-3-6-13-8-11-4-1-2-5-12(11)9-15(13)14/h1-9H,10,16H2. The molecule has 0 amide bonds. The molecular formula is C15H13N. The molecule has 3 aromatic carbocycles. The second-order valence-corrected chi connectivity index (χ2v) is 4.04. The van der Waals surface area contributed by atoms with Gasteiger partial charge in [0.15, 0.2) is 0 Å². The first-order valence-electron chi connectivity index (χ1n) is 5.49. The highest BCUT2D eigenvalue weighted by Crippen LogP contribution is 2.25. The van der Waals surface area contributed by atoms with E-state index in [2.05, 4.69) is 54.6 Å². The van der Waals surface area contributed by atoms with Gasteiger partial charge in [-0.1, -0.05) is 42.5 Å². The third-order valence-electron chi connectivity index (χ3n) is 3.06. The fraction of sp³-hybridized carbons (Fsp3) is 0.0667. The van der Waals surface area contributed by atoms with E-state index in [9.17, 15) is 0 Å². The van der Waals surface area contributed by atoms with Crippen molar-refractivity contribution in [3.05, 3.63) is 60.2 Å². The molecule has 0 aromatic heterocycles. The first kappa shape index (κ1) is 9.37. The molecule has 0 radical (unpaired) electrons. The van der Waals surface area contributed by atoms with Gasteiger partial charge in [0.25, 0.3) is 0 Å². The zero-order valence-corrected chi connectivity index (χ0v) is 8.98. The second-order valence-electron chi connectivity index (χ2n) is 4.04. The van der Waals surface area contributed by atoms with Crippen molar-refractivity contribution < 1.29 is 0 Å². The molecule has 0 saturated carbocycles. The van der Waals surface area contributed by atoms with Crippen LogP contribution in [0, 0.1) is 0 Å². The maximum Gasteiger partial charge on any atom is 0.0184 e. The molecule has 0 saturated heterocycles. The number of benzene rings is 3. The molecule has 0 aliphatic heterocycles. The number of fused-ring (bicyclic) bond motifs is 2. The monoisotopic (exact) mass is 207 g/mol. The Kier molecular flexibility index (Phi) is 2.12. The van der Waals surface area contributed by atoms with Crippen LogP contribution in [-0.2, 0) is 6.54 Å². The van der Waals surface area contributed by atoms with Crippen LogP contribution in [0.4, 0.5) is 0 Å². The summed E-state index contributed by atoms with van der Waals surface area (Å²) in [6, 6.07) is 19.2. The third kappa shape index (κ3) is 1.37. The summed E-state index contributed by atoms with van der Waals surface area (Å²) >= 11 is 0. The molecule has 16 heavy (non-hydrogen) atoms. The van der Waals surface area contributed by atoms with Gasteiger partial charge in [0.1, 0.15) is 0 Å². The van der Waals surface area contributed by atoms with Crippen LogP contribution >= 0.6 is 0 Å². The van der Waals surface area contributed by atoms with Crippen LogP contribution in [0.25, 0.3) is 21.5 Å². The highest BCUT2D eigenvalue weighted by atomic mass is 14.5. The van der Waals surface area contributed by atoms with E-state index in [0.717, 1.165) is 0 Å². The number of nitrogens with two attached hydrogens (primary N) is 1. The van der Waals surface area contributed by atoms with Gasteiger partial charge in [0.2, 0.25) is 0 Å². The van der Waals surface area contributed by atoms with Gasteiger partial charge < -0.3 is 5.73 Å². The van der Waals surface area contributed by atoms with Gasteiger partial charge in [-0.05, 0) is 39.2 Å². The molecule has 3 rings (SSSR count). The lowest BCUT2D eigenvalue weighted by Crippen LogP contribution is -1.96. The summed E-state index contributed by atoms with van der Waals surface area (Å²) in [6.07, 6.45) is 0. The minimum atomic E-state index is 0.593. The molecule has 1 heteroatoms. The van der Waals surface area contributed by atoms with Crippen LogP contribution in [0.5, 0.6) is 0 Å². The predicted octanol–water partition coefficient (Wildman–Crippen LogP) is 3.45. The number of rotatable bonds is 1. The van der Waals surface area contributed by atoms with Crippen LogP contribution in [-0.4, -0.2) is 0 Å². The van der Waals surface area contributed by atoms with Gasteiger partial charge in [0.05, 0.1) is 0 Å². The van der Waals surface area contributed by atoms with Gasteiger partial charge in [0, 0.05) is 6.54 Å². The molecule has 0 bridgehead atoms. The van der Waals surface area contributed by atoms with E-state index < -0.39 is 0 Å². The van der Waals surface area contributed by atoms with Crippen molar-refractivity contribution in [3.8, 4) is 0 Å². The average molecular weight is 207 g/mol. The summed E-state index contributed by atoms with van der Waals surface area (Å²) < 4.78 is 0. The Morgan fingerprint density at radius 3 is 2.19 bits per heavy atom. The van der Waals surface area contributed by atoms with Crippen LogP contribution in [0.3, 0.4) is 0 Å². The van der Waals surface area contributed by atoms with Gasteiger partial charge >= 0.3 is 0 Å². The van der Waals surface area contributed by atoms with Crippen molar-refractivity contribution in [1.29, 1.82) is 0 Å². The number of hydrogen-bond donors (Lipinski definition) is 1. The third-order valence-corrected chi connectivity index (χ3v) is 3.06. The average Bonchev–Trinajstić information content (AvgIpc) is 2.35. The van der Waals surface area contributed by atoms with Crippen LogP contribution in [0.15, 0.2) is 54.6 Å². The minimum Gasteiger partial charge on any atom is -0.326 e. The highest BCUT2D eigenvalue weighted by molar-refractivity contribution is 5.99. The van der Waals surface area contributed by atoms with Crippen molar-refractivity contribution >= 4 is 21.5 Å². The van der Waals surface area contributed by atoms with Crippen molar-refractivity contribution in [2.45, 2.75) is 6.54 Å². The molecule has 0 heterocycles. The Balaban J connectivity index is 2.46. The van der Waals surface area contributed by atoms with Crippen molar-refractivity contribution in [3.63, 3.8) is 0 Å². The van der Waals surface area contributed by atoms with Gasteiger partial charge in [-0.2, -0.15) is 0 Å². The smallest absolute Gasteiger partial charge is 0.0184 e. The van der Waals surface area contributed by atoms with Gasteiger partial charge in [-0.25, -0.2) is 0 Å². The summed E-state index contributed by atoms with van der Waals surface area (Å²) in [6.45, 7) is 0.593. The van der Waals surface area contributed by atoms with Crippen molar-refractivity contribution in [2.75, 3.05) is 0 Å². The molecule has 0 atom stereocenters. The molecule has 78 valence electrons. The van der Waals surface area contributed by atoms with E-state index >= 15 is 0 Å². The Hall–Kier alpha value is -1.86. The largest absolute Gasteiger partial charge is 0.326 e. The molecule has 0 spiro atoms. The van der Waals surface area contributed by atoms with E-state index in [1.807, 2.05) is 0 Å². The summed E-state index contributed by atoms with van der Waals surface area (Å²) in [4.78, 5) is 0. The van der Waals surface area contributed by atoms with E-state index in [-0.39, 0.29) is 0 Å². The molecule has 1 nitrogen and oxygen atoms in total. The van der Waals surface area contributed by atoms with Crippen molar-refractivity contribution in [2.24, 2.45) is 5.73 Å². The topological polar surface area (TPSA) is 26.0 Å². The van der Waals surface area contributed by atoms with E-state index in [1.165, 1.54) is 27.1 Å². The zero-order valence-electron chi connectivity index (χ0n) is 8.98. The Morgan fingerprint density at radius 1 is 0.750 bits per heavy atom. The Morgan fingerprint density at radius 2 is 1.44 bits per heavy atom. The normalized spacial score (nSPS) is 11.1. The summed E-state index contributed by atoms with van der Waals surface area (Å²) in [5.74, 6) is 0. The van der Waals surface area contributed by atoms with Crippen LogP contribution in [0.1, 0.15) is 5.56 Å². The zero-order chi connectivity index (χ0) is 11.0. The first-order chi connectivity index (χ1) is 7.88. The molecule has 2 N–H and O–H groups in total. The highest BCUT2D eigenvalue weighted by Gasteiger charge is 2.01. The molecule has 0 fully saturated rings. The Labute approximate surface area is 94.5 Å².